The van der Waals surface area contributed by atoms with Gasteiger partial charge in [0.2, 0.25) is 0 Å². The van der Waals surface area contributed by atoms with Crippen LogP contribution >= 0.6 is 0 Å². The van der Waals surface area contributed by atoms with Crippen LogP contribution in [0.25, 0.3) is 122 Å². The molecule has 0 N–H and O–H groups in total. The second-order valence-electron chi connectivity index (χ2n) is 15.8. The lowest BCUT2D eigenvalue weighted by molar-refractivity contribution is 0.669. The highest BCUT2D eigenvalue weighted by molar-refractivity contribution is 6.27. The van der Waals surface area contributed by atoms with Gasteiger partial charge < -0.3 is 4.42 Å². The molecule has 0 spiro atoms. The lowest BCUT2D eigenvalue weighted by atomic mass is 9.89. The molecule has 0 unspecified atom stereocenters. The molecule has 12 aromatic rings. The maximum atomic E-state index is 6.70. The third kappa shape index (κ3) is 6.51. The largest absolute Gasteiger partial charge is 0.456 e. The summed E-state index contributed by atoms with van der Waals surface area (Å²) < 4.78 is 6.70. The van der Waals surface area contributed by atoms with Gasteiger partial charge >= 0.3 is 0 Å². The Morgan fingerprint density at radius 3 is 1.38 bits per heavy atom. The molecule has 0 aliphatic rings. The Bertz CT molecular complexity index is 3640. The Kier molecular flexibility index (Phi) is 8.75. The molecular formula is C58H36N4O. The summed E-state index contributed by atoms with van der Waals surface area (Å²) >= 11 is 0. The van der Waals surface area contributed by atoms with E-state index in [1.165, 1.54) is 5.56 Å². The minimum atomic E-state index is 0.580. The Morgan fingerprint density at radius 1 is 0.270 bits per heavy atom. The molecule has 9 aromatic carbocycles. The van der Waals surface area contributed by atoms with E-state index in [0.29, 0.717) is 17.5 Å². The van der Waals surface area contributed by atoms with Gasteiger partial charge in [-0.25, -0.2) is 19.9 Å². The van der Waals surface area contributed by atoms with Crippen molar-refractivity contribution in [1.82, 2.24) is 19.9 Å². The zero-order valence-electron chi connectivity index (χ0n) is 34.0. The van der Waals surface area contributed by atoms with Crippen molar-refractivity contribution in [1.29, 1.82) is 0 Å². The number of para-hydroxylation sites is 2. The summed E-state index contributed by atoms with van der Waals surface area (Å²) in [7, 11) is 0. The molecular weight excluding hydrogens is 769 g/mol. The lowest BCUT2D eigenvalue weighted by Crippen LogP contribution is -2.00. The van der Waals surface area contributed by atoms with E-state index in [9.17, 15) is 0 Å². The number of fused-ring (bicyclic) bond motifs is 6. The van der Waals surface area contributed by atoms with E-state index in [2.05, 4.69) is 170 Å². The van der Waals surface area contributed by atoms with Crippen LogP contribution in [0.3, 0.4) is 0 Å². The summed E-state index contributed by atoms with van der Waals surface area (Å²) in [6.07, 6.45) is 0. The third-order valence-corrected chi connectivity index (χ3v) is 11.9. The van der Waals surface area contributed by atoms with Gasteiger partial charge in [-0.05, 0) is 52.1 Å². The SMILES string of the molecule is c1ccc(-c2ccc(-c3nc(-c4ccccc4)nc(-c4cccc(-c5nc6ccccc6c6c(-c7ccc(-c8ccccc8)cc7)c7c(cc56)oc5ccccc57)c4)n3)cc2)cc1. The number of hydrogen-bond acceptors (Lipinski definition) is 5. The fourth-order valence-electron chi connectivity index (χ4n) is 8.88. The molecule has 5 nitrogen and oxygen atoms in total. The molecule has 0 bridgehead atoms. The van der Waals surface area contributed by atoms with E-state index in [1.54, 1.807) is 0 Å². The van der Waals surface area contributed by atoms with Crippen LogP contribution in [0.4, 0.5) is 0 Å². The van der Waals surface area contributed by atoms with Crippen molar-refractivity contribution < 1.29 is 4.42 Å². The number of furan rings is 1. The highest BCUT2D eigenvalue weighted by atomic mass is 16.3. The highest BCUT2D eigenvalue weighted by Crippen LogP contribution is 2.46. The molecule has 294 valence electrons. The number of hydrogen-bond donors (Lipinski definition) is 0. The van der Waals surface area contributed by atoms with Crippen LogP contribution in [-0.4, -0.2) is 19.9 Å². The van der Waals surface area contributed by atoms with Crippen LogP contribution in [0.5, 0.6) is 0 Å². The smallest absolute Gasteiger partial charge is 0.164 e. The van der Waals surface area contributed by atoms with Crippen LogP contribution in [0.2, 0.25) is 0 Å². The molecule has 0 radical (unpaired) electrons. The van der Waals surface area contributed by atoms with Crippen molar-refractivity contribution in [2.75, 3.05) is 0 Å². The van der Waals surface area contributed by atoms with Gasteiger partial charge in [0.25, 0.3) is 0 Å². The van der Waals surface area contributed by atoms with Crippen LogP contribution < -0.4 is 0 Å². The van der Waals surface area contributed by atoms with Crippen LogP contribution in [0.15, 0.2) is 223 Å². The number of pyridine rings is 1. The van der Waals surface area contributed by atoms with E-state index in [0.717, 1.165) is 99.4 Å². The molecule has 0 fully saturated rings. The fourth-order valence-corrected chi connectivity index (χ4v) is 8.88. The Labute approximate surface area is 363 Å². The van der Waals surface area contributed by atoms with Gasteiger partial charge in [0.1, 0.15) is 11.2 Å². The van der Waals surface area contributed by atoms with Gasteiger partial charge in [-0.1, -0.05) is 194 Å². The molecule has 0 amide bonds. The summed E-state index contributed by atoms with van der Waals surface area (Å²) in [5, 5.41) is 5.37. The number of rotatable bonds is 7. The van der Waals surface area contributed by atoms with Crippen molar-refractivity contribution >= 4 is 43.6 Å². The molecule has 3 heterocycles. The molecule has 3 aromatic heterocycles. The van der Waals surface area contributed by atoms with Crippen molar-refractivity contribution in [3.63, 3.8) is 0 Å². The summed E-state index contributed by atoms with van der Waals surface area (Å²) in [5.74, 6) is 1.79. The van der Waals surface area contributed by atoms with Crippen molar-refractivity contribution in [3.05, 3.63) is 218 Å². The Hall–Kier alpha value is -8.54. The van der Waals surface area contributed by atoms with Crippen LogP contribution in [-0.2, 0) is 0 Å². The number of benzene rings is 9. The summed E-state index contributed by atoms with van der Waals surface area (Å²) in [6, 6.07) is 75.7. The molecule has 12 rings (SSSR count). The molecule has 0 aliphatic heterocycles. The van der Waals surface area contributed by atoms with E-state index in [-0.39, 0.29) is 0 Å². The molecule has 0 saturated carbocycles. The zero-order valence-corrected chi connectivity index (χ0v) is 34.0. The van der Waals surface area contributed by atoms with Gasteiger partial charge in [-0.3, -0.25) is 0 Å². The van der Waals surface area contributed by atoms with Gasteiger partial charge in [0, 0.05) is 54.7 Å². The van der Waals surface area contributed by atoms with E-state index >= 15 is 0 Å². The van der Waals surface area contributed by atoms with Crippen molar-refractivity contribution in [2.24, 2.45) is 0 Å². The van der Waals surface area contributed by atoms with Crippen molar-refractivity contribution in [3.8, 4) is 78.8 Å². The van der Waals surface area contributed by atoms with Gasteiger partial charge in [0.15, 0.2) is 17.5 Å². The van der Waals surface area contributed by atoms with E-state index < -0.39 is 0 Å². The number of nitrogens with zero attached hydrogens (tertiary/aromatic N) is 4. The van der Waals surface area contributed by atoms with Gasteiger partial charge in [-0.15, -0.1) is 0 Å². The first kappa shape index (κ1) is 36.3. The van der Waals surface area contributed by atoms with Crippen molar-refractivity contribution in [2.45, 2.75) is 0 Å². The minimum absolute atomic E-state index is 0.580. The van der Waals surface area contributed by atoms with Gasteiger partial charge in [-0.2, -0.15) is 0 Å². The molecule has 0 saturated heterocycles. The topological polar surface area (TPSA) is 64.7 Å². The first-order valence-electron chi connectivity index (χ1n) is 21.1. The maximum absolute atomic E-state index is 6.70. The average Bonchev–Trinajstić information content (AvgIpc) is 3.74. The molecule has 0 aliphatic carbocycles. The lowest BCUT2D eigenvalue weighted by Gasteiger charge is -2.16. The van der Waals surface area contributed by atoms with Gasteiger partial charge in [0.05, 0.1) is 11.2 Å². The summed E-state index contributed by atoms with van der Waals surface area (Å²) in [6.45, 7) is 0. The zero-order chi connectivity index (χ0) is 41.7. The number of aromatic nitrogens is 4. The van der Waals surface area contributed by atoms with Crippen LogP contribution in [0, 0.1) is 0 Å². The molecule has 5 heteroatoms. The van der Waals surface area contributed by atoms with E-state index in [1.807, 2.05) is 48.5 Å². The van der Waals surface area contributed by atoms with E-state index in [4.69, 9.17) is 24.4 Å². The Balaban J connectivity index is 1.06. The monoisotopic (exact) mass is 804 g/mol. The standard InChI is InChI=1S/C58H36N4O/c1-4-15-37(16-5-1)39-27-31-41(32-28-39)52-53-46-23-10-12-25-49(46)59-55(48(53)36-51-54(52)47-24-11-13-26-50(47)63-51)44-21-14-22-45(35-44)58-61-56(42-19-8-3-9-20-42)60-57(62-58)43-33-29-40(30-34-43)38-17-6-2-7-18-38/h1-36H. The predicted molar refractivity (Wildman–Crippen MR) is 258 cm³/mol. The normalized spacial score (nSPS) is 11.5. The quantitative estimate of drug-likeness (QED) is 0.150. The third-order valence-electron chi connectivity index (χ3n) is 11.9. The fraction of sp³-hybridized carbons (Fsp3) is 0. The second kappa shape index (κ2) is 15.2. The molecule has 63 heavy (non-hydrogen) atoms. The Morgan fingerprint density at radius 2 is 0.730 bits per heavy atom. The second-order valence-corrected chi connectivity index (χ2v) is 15.8. The maximum Gasteiger partial charge on any atom is 0.164 e. The summed E-state index contributed by atoms with van der Waals surface area (Å²) in [4.78, 5) is 20.7. The highest BCUT2D eigenvalue weighted by Gasteiger charge is 2.22. The average molecular weight is 805 g/mol. The van der Waals surface area contributed by atoms with Crippen LogP contribution in [0.1, 0.15) is 0 Å². The molecule has 0 atom stereocenters. The predicted octanol–water partition coefficient (Wildman–Crippen LogP) is 15.1. The first-order valence-corrected chi connectivity index (χ1v) is 21.1. The first-order chi connectivity index (χ1) is 31.2. The minimum Gasteiger partial charge on any atom is -0.456 e. The summed E-state index contributed by atoms with van der Waals surface area (Å²) in [5.41, 5.74) is 13.9.